The first-order valence-corrected chi connectivity index (χ1v) is 11.9. The Morgan fingerprint density at radius 1 is 1.31 bits per heavy atom. The van der Waals surface area contributed by atoms with Crippen molar-refractivity contribution < 1.29 is 4.79 Å². The summed E-state index contributed by atoms with van der Waals surface area (Å²) in [6, 6.07) is 2.50. The van der Waals surface area contributed by atoms with E-state index in [4.69, 9.17) is 9.98 Å². The van der Waals surface area contributed by atoms with Crippen LogP contribution in [0.1, 0.15) is 38.7 Å². The van der Waals surface area contributed by atoms with E-state index < -0.39 is 0 Å². The fraction of sp³-hybridized carbons (Fsp3) is 0.560. The predicted octanol–water partition coefficient (Wildman–Crippen LogP) is 2.70. The molecule has 0 saturated carbocycles. The van der Waals surface area contributed by atoms with E-state index in [9.17, 15) is 4.79 Å². The lowest BCUT2D eigenvalue weighted by molar-refractivity contribution is -0.117. The molecule has 32 heavy (non-hydrogen) atoms. The second-order valence-electron chi connectivity index (χ2n) is 10.0. The van der Waals surface area contributed by atoms with Crippen LogP contribution in [0.2, 0.25) is 0 Å². The van der Waals surface area contributed by atoms with E-state index in [1.165, 1.54) is 12.1 Å². The number of aromatic nitrogens is 1. The Kier molecular flexibility index (Phi) is 5.53. The van der Waals surface area contributed by atoms with Gasteiger partial charge in [-0.3, -0.25) is 9.79 Å². The summed E-state index contributed by atoms with van der Waals surface area (Å²) in [5, 5.41) is 3.08. The summed E-state index contributed by atoms with van der Waals surface area (Å²) < 4.78 is 0. The largest absolute Gasteiger partial charge is 0.371 e. The fourth-order valence-corrected chi connectivity index (χ4v) is 5.52. The van der Waals surface area contributed by atoms with Crippen LogP contribution in [0.3, 0.4) is 0 Å². The van der Waals surface area contributed by atoms with E-state index in [0.29, 0.717) is 11.5 Å². The predicted molar refractivity (Wildman–Crippen MR) is 130 cm³/mol. The summed E-state index contributed by atoms with van der Waals surface area (Å²) >= 11 is 0. The molecule has 170 valence electrons. The Labute approximate surface area is 190 Å². The van der Waals surface area contributed by atoms with Crippen LogP contribution >= 0.6 is 0 Å². The van der Waals surface area contributed by atoms with E-state index >= 15 is 0 Å². The van der Waals surface area contributed by atoms with Crippen molar-refractivity contribution in [3.05, 3.63) is 35.6 Å². The lowest BCUT2D eigenvalue weighted by Crippen LogP contribution is -2.46. The first kappa shape index (κ1) is 21.2. The minimum atomic E-state index is -0.0567. The number of amides is 1. The van der Waals surface area contributed by atoms with Crippen LogP contribution in [0.5, 0.6) is 0 Å². The molecule has 0 spiro atoms. The molecule has 1 N–H and O–H groups in total. The molecule has 0 bridgehead atoms. The van der Waals surface area contributed by atoms with Gasteiger partial charge in [-0.15, -0.1) is 0 Å². The Bertz CT molecular complexity index is 994. The van der Waals surface area contributed by atoms with Crippen LogP contribution in [-0.4, -0.2) is 73.5 Å². The van der Waals surface area contributed by atoms with Gasteiger partial charge >= 0.3 is 0 Å². The van der Waals surface area contributed by atoms with Crippen molar-refractivity contribution in [2.45, 2.75) is 51.2 Å². The number of hydrogen-bond acceptors (Lipinski definition) is 6. The van der Waals surface area contributed by atoms with Crippen molar-refractivity contribution in [3.8, 4) is 0 Å². The average Bonchev–Trinajstić information content (AvgIpc) is 3.36. The third kappa shape index (κ3) is 3.72. The quantitative estimate of drug-likeness (QED) is 0.722. The minimum absolute atomic E-state index is 0.0567. The molecular weight excluding hydrogens is 400 g/mol. The molecular formula is C25H34N6O. The van der Waals surface area contributed by atoms with Crippen molar-refractivity contribution in [3.63, 3.8) is 0 Å². The van der Waals surface area contributed by atoms with Crippen LogP contribution < -0.4 is 15.1 Å². The van der Waals surface area contributed by atoms with E-state index in [1.54, 1.807) is 0 Å². The molecule has 1 fully saturated rings. The van der Waals surface area contributed by atoms with Crippen LogP contribution in [0.15, 0.2) is 35.0 Å². The molecule has 3 atom stereocenters. The summed E-state index contributed by atoms with van der Waals surface area (Å²) in [5.74, 6) is 2.32. The number of fused-ring (bicyclic) bond motifs is 5. The molecule has 0 radical (unpaired) electrons. The van der Waals surface area contributed by atoms with Crippen LogP contribution in [0.25, 0.3) is 6.08 Å². The number of pyridine rings is 1. The molecule has 1 aromatic rings. The molecule has 3 unspecified atom stereocenters. The number of carbonyl (C=O) groups is 1. The number of amidine groups is 1. The van der Waals surface area contributed by atoms with Crippen LogP contribution in [-0.2, 0) is 4.79 Å². The lowest BCUT2D eigenvalue weighted by Gasteiger charge is -2.35. The van der Waals surface area contributed by atoms with Crippen molar-refractivity contribution >= 4 is 29.3 Å². The van der Waals surface area contributed by atoms with Gasteiger partial charge in [0.05, 0.1) is 17.7 Å². The first-order chi connectivity index (χ1) is 15.4. The average molecular weight is 435 g/mol. The van der Waals surface area contributed by atoms with Gasteiger partial charge in [-0.05, 0) is 65.3 Å². The van der Waals surface area contributed by atoms with Crippen molar-refractivity contribution in [2.75, 3.05) is 43.5 Å². The second-order valence-corrected chi connectivity index (χ2v) is 10.0. The molecule has 4 aliphatic rings. The van der Waals surface area contributed by atoms with E-state index in [1.807, 2.05) is 26.1 Å². The SMILES string of the molecule is CC(C)NC(=O)C1=Cc2c(N3CCC(CN(C)C)C3)ccnc2N2C1=NC1C=CCCC12. The number of aliphatic imine (C=N–C) groups is 1. The molecule has 3 aliphatic heterocycles. The molecule has 7 nitrogen and oxygen atoms in total. The highest BCUT2D eigenvalue weighted by Gasteiger charge is 2.43. The van der Waals surface area contributed by atoms with Gasteiger partial charge in [-0.2, -0.15) is 0 Å². The topological polar surface area (TPSA) is 64.1 Å². The number of hydrogen-bond donors (Lipinski definition) is 1. The second kappa shape index (κ2) is 8.35. The lowest BCUT2D eigenvalue weighted by atomic mass is 9.94. The van der Waals surface area contributed by atoms with Crippen molar-refractivity contribution in [1.29, 1.82) is 0 Å². The van der Waals surface area contributed by atoms with Gasteiger partial charge in [0.25, 0.3) is 5.91 Å². The monoisotopic (exact) mass is 434 g/mol. The number of nitrogens with one attached hydrogen (secondary N) is 1. The maximum Gasteiger partial charge on any atom is 0.255 e. The highest BCUT2D eigenvalue weighted by Crippen LogP contribution is 2.42. The number of nitrogens with zero attached hydrogens (tertiary/aromatic N) is 5. The maximum absolute atomic E-state index is 13.2. The molecule has 1 aromatic heterocycles. The van der Waals surface area contributed by atoms with Gasteiger partial charge in [-0.1, -0.05) is 12.2 Å². The smallest absolute Gasteiger partial charge is 0.255 e. The van der Waals surface area contributed by atoms with Crippen molar-refractivity contribution in [2.24, 2.45) is 10.9 Å². The number of anilines is 2. The summed E-state index contributed by atoms with van der Waals surface area (Å²) in [7, 11) is 4.28. The van der Waals surface area contributed by atoms with Gasteiger partial charge in [0.1, 0.15) is 11.7 Å². The fourth-order valence-electron chi connectivity index (χ4n) is 5.52. The van der Waals surface area contributed by atoms with E-state index in [0.717, 1.165) is 49.7 Å². The van der Waals surface area contributed by atoms with Gasteiger partial charge in [0.2, 0.25) is 0 Å². The van der Waals surface area contributed by atoms with Crippen LogP contribution in [0.4, 0.5) is 11.5 Å². The number of carbonyl (C=O) groups excluding carboxylic acids is 1. The zero-order valence-corrected chi connectivity index (χ0v) is 19.6. The van der Waals surface area contributed by atoms with Gasteiger partial charge in [-0.25, -0.2) is 4.98 Å². The third-order valence-electron chi connectivity index (χ3n) is 6.81. The Hall–Kier alpha value is -2.67. The summed E-state index contributed by atoms with van der Waals surface area (Å²) in [6.45, 7) is 7.15. The zero-order valence-electron chi connectivity index (χ0n) is 19.6. The van der Waals surface area contributed by atoms with Gasteiger partial charge < -0.3 is 20.0 Å². The molecule has 4 heterocycles. The minimum Gasteiger partial charge on any atom is -0.371 e. The summed E-state index contributed by atoms with van der Waals surface area (Å²) in [6.07, 6.45) is 11.6. The molecule has 5 rings (SSSR count). The highest BCUT2D eigenvalue weighted by molar-refractivity contribution is 6.32. The van der Waals surface area contributed by atoms with Gasteiger partial charge in [0, 0.05) is 43.1 Å². The standard InChI is InChI=1S/C25H34N6O/c1-16(2)27-25(32)19-13-18-21(30-12-10-17(15-30)14-29(3)4)9-11-26-23(18)31-22-8-6-5-7-20(22)28-24(19)31/h5,7,9,11,13,16-17,20,22H,6,8,10,12,14-15H2,1-4H3,(H,27,32). The van der Waals surface area contributed by atoms with Crippen molar-refractivity contribution in [1.82, 2.24) is 15.2 Å². The number of rotatable bonds is 5. The maximum atomic E-state index is 13.2. The Balaban J connectivity index is 1.56. The third-order valence-corrected chi connectivity index (χ3v) is 6.81. The number of allylic oxidation sites excluding steroid dienone is 1. The first-order valence-electron chi connectivity index (χ1n) is 11.9. The Morgan fingerprint density at radius 2 is 2.16 bits per heavy atom. The molecule has 7 heteroatoms. The van der Waals surface area contributed by atoms with E-state index in [-0.39, 0.29) is 24.0 Å². The van der Waals surface area contributed by atoms with E-state index in [2.05, 4.69) is 52.3 Å². The van der Waals surface area contributed by atoms with Gasteiger partial charge in [0.15, 0.2) is 0 Å². The Morgan fingerprint density at radius 3 is 2.94 bits per heavy atom. The molecule has 1 saturated heterocycles. The summed E-state index contributed by atoms with van der Waals surface area (Å²) in [4.78, 5) is 30.0. The normalized spacial score (nSPS) is 26.1. The summed E-state index contributed by atoms with van der Waals surface area (Å²) in [5.41, 5.74) is 2.90. The van der Waals surface area contributed by atoms with Crippen LogP contribution in [0, 0.1) is 5.92 Å². The molecule has 0 aromatic carbocycles. The molecule has 1 amide bonds. The zero-order chi connectivity index (χ0) is 22.4. The highest BCUT2D eigenvalue weighted by atomic mass is 16.1. The molecule has 1 aliphatic carbocycles.